The van der Waals surface area contributed by atoms with Crippen molar-refractivity contribution in [1.29, 1.82) is 0 Å². The highest BCUT2D eigenvalue weighted by molar-refractivity contribution is 7.14. The molecular weight excluding hydrogens is 298 g/mol. The van der Waals surface area contributed by atoms with Crippen molar-refractivity contribution in [2.24, 2.45) is 0 Å². The van der Waals surface area contributed by atoms with Crippen LogP contribution in [0.3, 0.4) is 0 Å². The van der Waals surface area contributed by atoms with Crippen LogP contribution in [0.2, 0.25) is 0 Å². The first-order valence-electron chi connectivity index (χ1n) is 7.06. The van der Waals surface area contributed by atoms with E-state index in [2.05, 4.69) is 25.9 Å². The number of aryl methyl sites for hydroxylation is 2. The lowest BCUT2D eigenvalue weighted by atomic mass is 10.2. The lowest BCUT2D eigenvalue weighted by Gasteiger charge is -2.04. The molecule has 4 rings (SSSR count). The van der Waals surface area contributed by atoms with E-state index in [0.717, 1.165) is 29.0 Å². The average molecular weight is 311 g/mol. The van der Waals surface area contributed by atoms with Gasteiger partial charge in [-0.05, 0) is 48.2 Å². The number of tetrazole rings is 1. The molecule has 0 bridgehead atoms. The van der Waals surface area contributed by atoms with Crippen LogP contribution in [0.25, 0.3) is 11.4 Å². The fourth-order valence-corrected chi connectivity index (χ4v) is 3.80. The molecule has 7 heteroatoms. The van der Waals surface area contributed by atoms with Gasteiger partial charge in [-0.2, -0.15) is 5.21 Å². The minimum Gasteiger partial charge on any atom is -0.321 e. The molecule has 1 amide bonds. The maximum Gasteiger partial charge on any atom is 0.265 e. The molecule has 6 nitrogen and oxygen atoms in total. The van der Waals surface area contributed by atoms with E-state index >= 15 is 0 Å². The zero-order valence-electron chi connectivity index (χ0n) is 11.7. The van der Waals surface area contributed by atoms with E-state index in [1.165, 1.54) is 16.9 Å². The van der Waals surface area contributed by atoms with Crippen LogP contribution in [0.1, 0.15) is 26.5 Å². The van der Waals surface area contributed by atoms with Crippen molar-refractivity contribution in [2.75, 3.05) is 5.32 Å². The zero-order valence-corrected chi connectivity index (χ0v) is 12.5. The van der Waals surface area contributed by atoms with Gasteiger partial charge in [0.15, 0.2) is 0 Å². The van der Waals surface area contributed by atoms with E-state index in [9.17, 15) is 4.79 Å². The van der Waals surface area contributed by atoms with Gasteiger partial charge in [-0.3, -0.25) is 4.79 Å². The van der Waals surface area contributed by atoms with Gasteiger partial charge in [0.05, 0.1) is 4.88 Å². The summed E-state index contributed by atoms with van der Waals surface area (Å²) in [4.78, 5) is 14.5. The van der Waals surface area contributed by atoms with Gasteiger partial charge in [-0.15, -0.1) is 21.5 Å². The summed E-state index contributed by atoms with van der Waals surface area (Å²) in [7, 11) is 0. The van der Waals surface area contributed by atoms with Gasteiger partial charge in [0.25, 0.3) is 5.91 Å². The second kappa shape index (κ2) is 5.34. The van der Waals surface area contributed by atoms with E-state index in [-0.39, 0.29) is 5.91 Å². The van der Waals surface area contributed by atoms with Crippen molar-refractivity contribution >= 4 is 22.9 Å². The number of aromatic nitrogens is 4. The predicted molar refractivity (Wildman–Crippen MR) is 83.9 cm³/mol. The first kappa shape index (κ1) is 13.1. The molecule has 0 aliphatic heterocycles. The topological polar surface area (TPSA) is 83.6 Å². The first-order chi connectivity index (χ1) is 10.8. The van der Waals surface area contributed by atoms with Gasteiger partial charge >= 0.3 is 0 Å². The van der Waals surface area contributed by atoms with Crippen molar-refractivity contribution in [1.82, 2.24) is 20.6 Å². The summed E-state index contributed by atoms with van der Waals surface area (Å²) in [6.07, 6.45) is 3.39. The second-order valence-corrected chi connectivity index (χ2v) is 6.32. The van der Waals surface area contributed by atoms with Crippen LogP contribution in [0.15, 0.2) is 30.3 Å². The molecule has 0 unspecified atom stereocenters. The molecule has 2 aromatic heterocycles. The van der Waals surface area contributed by atoms with E-state index in [4.69, 9.17) is 0 Å². The highest BCUT2D eigenvalue weighted by Gasteiger charge is 2.18. The molecule has 0 fully saturated rings. The normalized spacial score (nSPS) is 13.1. The number of aromatic amines is 1. The number of rotatable bonds is 3. The van der Waals surface area contributed by atoms with Crippen LogP contribution in [0.5, 0.6) is 0 Å². The summed E-state index contributed by atoms with van der Waals surface area (Å²) in [5, 5.41) is 16.8. The van der Waals surface area contributed by atoms with Crippen molar-refractivity contribution in [3.8, 4) is 11.4 Å². The summed E-state index contributed by atoms with van der Waals surface area (Å²) >= 11 is 1.60. The van der Waals surface area contributed by atoms with Crippen LogP contribution >= 0.6 is 11.3 Å². The highest BCUT2D eigenvalue weighted by Crippen LogP contribution is 2.31. The third-order valence-corrected chi connectivity index (χ3v) is 4.93. The Hall–Kier alpha value is -2.54. The molecule has 0 saturated heterocycles. The summed E-state index contributed by atoms with van der Waals surface area (Å²) < 4.78 is 0. The van der Waals surface area contributed by atoms with Gasteiger partial charge in [-0.25, -0.2) is 0 Å². The molecule has 0 spiro atoms. The number of nitrogens with one attached hydrogen (secondary N) is 2. The summed E-state index contributed by atoms with van der Waals surface area (Å²) in [5.74, 6) is 0.441. The Morgan fingerprint density at radius 3 is 3.05 bits per heavy atom. The SMILES string of the molecule is O=C(Nc1cccc(-c2nn[nH]n2)c1)c1cc2c(s1)CCC2. The Labute approximate surface area is 130 Å². The third kappa shape index (κ3) is 2.39. The largest absolute Gasteiger partial charge is 0.321 e. The fourth-order valence-electron chi connectivity index (χ4n) is 2.65. The summed E-state index contributed by atoms with van der Waals surface area (Å²) in [5.41, 5.74) is 2.86. The number of benzene rings is 1. The van der Waals surface area contributed by atoms with Crippen LogP contribution in [0, 0.1) is 0 Å². The molecule has 0 atom stereocenters. The van der Waals surface area contributed by atoms with Gasteiger partial charge in [0, 0.05) is 16.1 Å². The van der Waals surface area contributed by atoms with Gasteiger partial charge in [-0.1, -0.05) is 12.1 Å². The minimum atomic E-state index is -0.0651. The van der Waals surface area contributed by atoms with Gasteiger partial charge in [0.1, 0.15) is 0 Å². The van der Waals surface area contributed by atoms with Crippen molar-refractivity contribution in [2.45, 2.75) is 19.3 Å². The molecule has 1 aliphatic rings. The lowest BCUT2D eigenvalue weighted by molar-refractivity contribution is 0.103. The number of carbonyl (C=O) groups is 1. The minimum absolute atomic E-state index is 0.0651. The van der Waals surface area contributed by atoms with Crippen LogP contribution in [-0.4, -0.2) is 26.5 Å². The molecule has 0 saturated carbocycles. The number of carbonyl (C=O) groups excluding carboxylic acids is 1. The van der Waals surface area contributed by atoms with E-state index in [0.29, 0.717) is 5.82 Å². The fraction of sp³-hybridized carbons (Fsp3) is 0.200. The van der Waals surface area contributed by atoms with Crippen LogP contribution < -0.4 is 5.32 Å². The molecule has 1 aromatic carbocycles. The second-order valence-electron chi connectivity index (χ2n) is 5.18. The van der Waals surface area contributed by atoms with E-state index in [1.54, 1.807) is 11.3 Å². The predicted octanol–water partition coefficient (Wildman–Crippen LogP) is 2.67. The zero-order chi connectivity index (χ0) is 14.9. The Bertz CT molecular complexity index is 803. The molecule has 0 radical (unpaired) electrons. The van der Waals surface area contributed by atoms with E-state index < -0.39 is 0 Å². The van der Waals surface area contributed by atoms with Crippen molar-refractivity contribution in [3.63, 3.8) is 0 Å². The average Bonchev–Trinajstić information content (AvgIpc) is 3.24. The van der Waals surface area contributed by atoms with Crippen molar-refractivity contribution < 1.29 is 4.79 Å². The third-order valence-electron chi connectivity index (χ3n) is 3.69. The van der Waals surface area contributed by atoms with Crippen LogP contribution in [-0.2, 0) is 12.8 Å². The summed E-state index contributed by atoms with van der Waals surface area (Å²) in [6, 6.07) is 9.44. The number of hydrogen-bond acceptors (Lipinski definition) is 5. The van der Waals surface area contributed by atoms with Crippen LogP contribution in [0.4, 0.5) is 5.69 Å². The van der Waals surface area contributed by atoms with E-state index in [1.807, 2.05) is 30.3 Å². The van der Waals surface area contributed by atoms with Crippen molar-refractivity contribution in [3.05, 3.63) is 45.6 Å². The number of thiophene rings is 1. The maximum atomic E-state index is 12.4. The summed E-state index contributed by atoms with van der Waals surface area (Å²) in [6.45, 7) is 0. The number of fused-ring (bicyclic) bond motifs is 1. The number of nitrogens with zero attached hydrogens (tertiary/aromatic N) is 3. The molecule has 2 N–H and O–H groups in total. The highest BCUT2D eigenvalue weighted by atomic mass is 32.1. The Morgan fingerprint density at radius 2 is 2.23 bits per heavy atom. The maximum absolute atomic E-state index is 12.4. The molecular formula is C15H13N5OS. The monoisotopic (exact) mass is 311 g/mol. The Morgan fingerprint density at radius 1 is 1.27 bits per heavy atom. The quantitative estimate of drug-likeness (QED) is 0.779. The van der Waals surface area contributed by atoms with Gasteiger partial charge < -0.3 is 5.32 Å². The first-order valence-corrected chi connectivity index (χ1v) is 7.88. The number of hydrogen-bond donors (Lipinski definition) is 2. The van der Waals surface area contributed by atoms with Gasteiger partial charge in [0.2, 0.25) is 5.82 Å². The molecule has 1 aliphatic carbocycles. The molecule has 3 aromatic rings. The molecule has 2 heterocycles. The molecule has 22 heavy (non-hydrogen) atoms. The smallest absolute Gasteiger partial charge is 0.265 e. The number of H-pyrrole nitrogens is 1. The Balaban J connectivity index is 1.55. The molecule has 110 valence electrons. The number of anilines is 1. The Kier molecular flexibility index (Phi) is 3.19. The standard InChI is InChI=1S/C15H13N5OS/c21-15(13-8-9-3-2-6-12(9)22-13)16-11-5-1-4-10(7-11)14-17-19-20-18-14/h1,4-5,7-8H,2-3,6H2,(H,16,21)(H,17,18,19,20). The lowest BCUT2D eigenvalue weighted by Crippen LogP contribution is -2.10. The number of amides is 1.